The molecule has 0 saturated carbocycles. The average molecular weight is 629 g/mol. The van der Waals surface area contributed by atoms with E-state index >= 15 is 0 Å². The highest BCUT2D eigenvalue weighted by molar-refractivity contribution is 6.32. The number of morpholine rings is 1. The molecule has 1 fully saturated rings. The molecule has 1 atom stereocenters. The number of fused-ring (bicyclic) bond motifs is 3. The van der Waals surface area contributed by atoms with Crippen LogP contribution in [-0.2, 0) is 28.7 Å². The van der Waals surface area contributed by atoms with Gasteiger partial charge in [0.1, 0.15) is 17.1 Å². The molecule has 232 valence electrons. The molecule has 2 aliphatic rings. The maximum absolute atomic E-state index is 13.8. The fourth-order valence-corrected chi connectivity index (χ4v) is 6.04. The van der Waals surface area contributed by atoms with Crippen molar-refractivity contribution in [2.24, 2.45) is 0 Å². The zero-order chi connectivity index (χ0) is 30.8. The van der Waals surface area contributed by atoms with E-state index in [1.807, 2.05) is 43.3 Å². The first kappa shape index (κ1) is 30.2. The number of alkyl halides is 3. The SMILES string of the molecule is CCOc1ccc(C2c3c(nc4cc(C(F)(F)F)ccn34)CCN2C(=O)COc2ccc(CN3CCOCC3)cc2Cl)cc1. The first-order chi connectivity index (χ1) is 21.2. The molecule has 4 heterocycles. The van der Waals surface area contributed by atoms with Gasteiger partial charge in [-0.3, -0.25) is 9.69 Å². The molecule has 0 spiro atoms. The summed E-state index contributed by atoms with van der Waals surface area (Å²) >= 11 is 6.55. The van der Waals surface area contributed by atoms with Crippen molar-refractivity contribution >= 4 is 23.2 Å². The van der Waals surface area contributed by atoms with Gasteiger partial charge in [-0.2, -0.15) is 13.2 Å². The van der Waals surface area contributed by atoms with Crippen LogP contribution in [0.25, 0.3) is 5.65 Å². The Bertz CT molecular complexity index is 1640. The molecule has 12 heteroatoms. The second-order valence-corrected chi connectivity index (χ2v) is 11.2. The molecule has 6 rings (SSSR count). The maximum Gasteiger partial charge on any atom is 0.416 e. The van der Waals surface area contributed by atoms with E-state index in [0.29, 0.717) is 60.7 Å². The summed E-state index contributed by atoms with van der Waals surface area (Å²) in [7, 11) is 0. The number of ether oxygens (including phenoxy) is 3. The predicted octanol–water partition coefficient (Wildman–Crippen LogP) is 5.79. The Balaban J connectivity index is 1.26. The first-order valence-electron chi connectivity index (χ1n) is 14.5. The van der Waals surface area contributed by atoms with Gasteiger partial charge in [0.2, 0.25) is 0 Å². The molecule has 1 unspecified atom stereocenters. The fourth-order valence-electron chi connectivity index (χ4n) is 5.78. The molecule has 1 amide bonds. The van der Waals surface area contributed by atoms with Gasteiger partial charge in [-0.1, -0.05) is 29.8 Å². The van der Waals surface area contributed by atoms with Crippen LogP contribution in [-0.4, -0.2) is 71.2 Å². The molecule has 0 bridgehead atoms. The Hall–Kier alpha value is -3.80. The number of carbonyl (C=O) groups is 1. The van der Waals surface area contributed by atoms with Crippen LogP contribution in [0, 0.1) is 0 Å². The van der Waals surface area contributed by atoms with Crippen molar-refractivity contribution in [2.45, 2.75) is 32.1 Å². The van der Waals surface area contributed by atoms with E-state index < -0.39 is 17.8 Å². The smallest absolute Gasteiger partial charge is 0.416 e. The topological polar surface area (TPSA) is 68.5 Å². The van der Waals surface area contributed by atoms with Crippen molar-refractivity contribution in [3.63, 3.8) is 0 Å². The van der Waals surface area contributed by atoms with Crippen LogP contribution in [0.2, 0.25) is 5.02 Å². The number of aromatic nitrogens is 2. The summed E-state index contributed by atoms with van der Waals surface area (Å²) in [5.74, 6) is 0.786. The molecule has 1 saturated heterocycles. The average Bonchev–Trinajstić information content (AvgIpc) is 3.39. The predicted molar refractivity (Wildman–Crippen MR) is 158 cm³/mol. The Kier molecular flexibility index (Phi) is 8.70. The molecule has 8 nitrogen and oxygen atoms in total. The van der Waals surface area contributed by atoms with E-state index in [9.17, 15) is 18.0 Å². The van der Waals surface area contributed by atoms with Gasteiger partial charge in [-0.05, 0) is 54.4 Å². The summed E-state index contributed by atoms with van der Waals surface area (Å²) < 4.78 is 58.9. The molecule has 2 aromatic heterocycles. The van der Waals surface area contributed by atoms with Crippen LogP contribution in [0.15, 0.2) is 60.8 Å². The third-order valence-electron chi connectivity index (χ3n) is 7.91. The summed E-state index contributed by atoms with van der Waals surface area (Å²) in [5, 5.41) is 0.412. The Morgan fingerprint density at radius 2 is 1.82 bits per heavy atom. The van der Waals surface area contributed by atoms with Gasteiger partial charge >= 0.3 is 6.18 Å². The molecule has 0 aliphatic carbocycles. The van der Waals surface area contributed by atoms with Gasteiger partial charge in [0.25, 0.3) is 5.91 Å². The lowest BCUT2D eigenvalue weighted by Gasteiger charge is -2.36. The van der Waals surface area contributed by atoms with Crippen LogP contribution in [0.4, 0.5) is 13.2 Å². The molecule has 2 aliphatic heterocycles. The Morgan fingerprint density at radius 3 is 2.52 bits per heavy atom. The highest BCUT2D eigenvalue weighted by Crippen LogP contribution is 2.38. The van der Waals surface area contributed by atoms with Gasteiger partial charge < -0.3 is 23.5 Å². The number of pyridine rings is 1. The first-order valence-corrected chi connectivity index (χ1v) is 14.9. The summed E-state index contributed by atoms with van der Waals surface area (Å²) in [6.07, 6.45) is -2.74. The Morgan fingerprint density at radius 1 is 1.05 bits per heavy atom. The largest absolute Gasteiger partial charge is 0.494 e. The molecule has 0 N–H and O–H groups in total. The second kappa shape index (κ2) is 12.7. The fraction of sp³-hybridized carbons (Fsp3) is 0.375. The zero-order valence-corrected chi connectivity index (χ0v) is 24.9. The van der Waals surface area contributed by atoms with Crippen molar-refractivity contribution in [1.29, 1.82) is 0 Å². The lowest BCUT2D eigenvalue weighted by atomic mass is 9.95. The number of hydrogen-bond donors (Lipinski definition) is 0. The number of carbonyl (C=O) groups excluding carboxylic acids is 1. The van der Waals surface area contributed by atoms with Crippen molar-refractivity contribution in [2.75, 3.05) is 46.1 Å². The highest BCUT2D eigenvalue weighted by atomic mass is 35.5. The van der Waals surface area contributed by atoms with Crippen LogP contribution >= 0.6 is 11.6 Å². The van der Waals surface area contributed by atoms with Gasteiger partial charge in [-0.15, -0.1) is 0 Å². The highest BCUT2D eigenvalue weighted by Gasteiger charge is 2.37. The summed E-state index contributed by atoms with van der Waals surface area (Å²) in [5.41, 5.74) is 2.50. The second-order valence-electron chi connectivity index (χ2n) is 10.8. The van der Waals surface area contributed by atoms with E-state index in [2.05, 4.69) is 9.88 Å². The third kappa shape index (κ3) is 6.36. The lowest BCUT2D eigenvalue weighted by Crippen LogP contribution is -2.43. The monoisotopic (exact) mass is 628 g/mol. The van der Waals surface area contributed by atoms with Crippen molar-refractivity contribution in [3.8, 4) is 11.5 Å². The minimum absolute atomic E-state index is 0.176. The molecular weight excluding hydrogens is 597 g/mol. The van der Waals surface area contributed by atoms with Crippen LogP contribution in [0.5, 0.6) is 11.5 Å². The molecule has 44 heavy (non-hydrogen) atoms. The number of nitrogens with zero attached hydrogens (tertiary/aromatic N) is 4. The summed E-state index contributed by atoms with van der Waals surface area (Å²) in [6.45, 7) is 6.30. The van der Waals surface area contributed by atoms with E-state index in [-0.39, 0.29) is 18.2 Å². The number of imidazole rings is 1. The normalized spacial score (nSPS) is 17.5. The number of halogens is 4. The van der Waals surface area contributed by atoms with Crippen LogP contribution in [0.1, 0.15) is 41.0 Å². The quantitative estimate of drug-likeness (QED) is 0.246. The molecule has 0 radical (unpaired) electrons. The molecular formula is C32H32ClF3N4O4. The van der Waals surface area contributed by atoms with Gasteiger partial charge in [0.15, 0.2) is 6.61 Å². The van der Waals surface area contributed by atoms with E-state index in [0.717, 1.165) is 42.9 Å². The lowest BCUT2D eigenvalue weighted by molar-refractivity contribution is -0.137. The minimum atomic E-state index is -4.50. The number of rotatable bonds is 8. The number of hydrogen-bond acceptors (Lipinski definition) is 6. The minimum Gasteiger partial charge on any atom is -0.494 e. The van der Waals surface area contributed by atoms with Crippen molar-refractivity contribution in [1.82, 2.24) is 19.2 Å². The molecule has 2 aromatic carbocycles. The standard InChI is InChI=1S/C32H32ClF3N4O4/c1-2-43-24-6-4-22(5-7-24)30-31-26(37-28-18-23(32(34,35)36)9-11-39(28)31)10-12-40(30)29(41)20-44-27-8-3-21(17-25(27)33)19-38-13-15-42-16-14-38/h3-9,11,17-18,30H,2,10,12-16,19-20H2,1H3. The van der Waals surface area contributed by atoms with Crippen molar-refractivity contribution in [3.05, 3.63) is 93.9 Å². The van der Waals surface area contributed by atoms with Gasteiger partial charge in [0.05, 0.1) is 47.8 Å². The number of amides is 1. The van der Waals surface area contributed by atoms with Crippen molar-refractivity contribution < 1.29 is 32.2 Å². The van der Waals surface area contributed by atoms with E-state index in [1.54, 1.807) is 15.4 Å². The summed E-state index contributed by atoms with van der Waals surface area (Å²) in [4.78, 5) is 22.3. The molecule has 4 aromatic rings. The summed E-state index contributed by atoms with van der Waals surface area (Å²) in [6, 6.07) is 14.4. The van der Waals surface area contributed by atoms with Crippen LogP contribution in [0.3, 0.4) is 0 Å². The van der Waals surface area contributed by atoms with Gasteiger partial charge in [0, 0.05) is 38.8 Å². The maximum atomic E-state index is 13.8. The third-order valence-corrected chi connectivity index (χ3v) is 8.21. The zero-order valence-electron chi connectivity index (χ0n) is 24.1. The number of benzene rings is 2. The van der Waals surface area contributed by atoms with E-state index in [4.69, 9.17) is 25.8 Å². The van der Waals surface area contributed by atoms with Gasteiger partial charge in [-0.25, -0.2) is 4.98 Å². The van der Waals surface area contributed by atoms with Crippen LogP contribution < -0.4 is 9.47 Å². The Labute approximate surface area is 257 Å². The van der Waals surface area contributed by atoms with E-state index in [1.165, 1.54) is 6.20 Å².